The molecule has 0 spiro atoms. The van der Waals surface area contributed by atoms with Gasteiger partial charge in [0.05, 0.1) is 0 Å². The second-order valence-corrected chi connectivity index (χ2v) is 6.15. The van der Waals surface area contributed by atoms with Crippen molar-refractivity contribution >= 4 is 27.9 Å². The largest absolute Gasteiger partial charge is 0.373 e. The monoisotopic (exact) mass is 295 g/mol. The highest BCUT2D eigenvalue weighted by atomic mass is 32.1. The fraction of sp³-hybridized carbons (Fsp3) is 0.583. The molecule has 3 rings (SSSR count). The van der Waals surface area contributed by atoms with E-state index in [1.807, 2.05) is 11.8 Å². The summed E-state index contributed by atoms with van der Waals surface area (Å²) < 4.78 is 1.55. The Morgan fingerprint density at radius 2 is 2.45 bits per heavy atom. The molecule has 0 aromatic carbocycles. The van der Waals surface area contributed by atoms with Crippen LogP contribution in [0.15, 0.2) is 11.6 Å². The molecule has 7 nitrogen and oxygen atoms in total. The van der Waals surface area contributed by atoms with Gasteiger partial charge in [-0.2, -0.15) is 9.38 Å². The quantitative estimate of drug-likeness (QED) is 0.689. The molecule has 1 fully saturated rings. The van der Waals surface area contributed by atoms with Crippen molar-refractivity contribution in [2.24, 2.45) is 11.7 Å². The number of nitrogens with zero attached hydrogens (tertiary/aromatic N) is 4. The molecule has 2 N–H and O–H groups in total. The molecule has 1 aliphatic heterocycles. The van der Waals surface area contributed by atoms with Crippen LogP contribution in [0.2, 0.25) is 0 Å². The topological polar surface area (TPSA) is 89.7 Å². The molecule has 1 saturated heterocycles. The van der Waals surface area contributed by atoms with Crippen molar-refractivity contribution in [3.05, 3.63) is 21.7 Å². The molecule has 0 bridgehead atoms. The first-order valence-electron chi connectivity index (χ1n) is 6.68. The van der Waals surface area contributed by atoms with Crippen molar-refractivity contribution in [1.29, 1.82) is 0 Å². The van der Waals surface area contributed by atoms with Crippen LogP contribution in [0, 0.1) is 16.0 Å². The van der Waals surface area contributed by atoms with Gasteiger partial charge < -0.3 is 20.7 Å². The number of hydrogen-bond acceptors (Lipinski definition) is 6. The highest BCUT2D eigenvalue weighted by molar-refractivity contribution is 7.15. The van der Waals surface area contributed by atoms with Gasteiger partial charge in [-0.3, -0.25) is 0 Å². The first-order valence-corrected chi connectivity index (χ1v) is 7.56. The van der Waals surface area contributed by atoms with Gasteiger partial charge in [-0.1, -0.05) is 11.3 Å². The van der Waals surface area contributed by atoms with Crippen LogP contribution in [0.25, 0.3) is 4.96 Å². The maximum atomic E-state index is 11.4. The third kappa shape index (κ3) is 2.14. The van der Waals surface area contributed by atoms with E-state index in [2.05, 4.69) is 4.98 Å². The van der Waals surface area contributed by atoms with Gasteiger partial charge >= 0.3 is 5.82 Å². The van der Waals surface area contributed by atoms with E-state index < -0.39 is 0 Å². The lowest BCUT2D eigenvalue weighted by Gasteiger charge is -2.34. The Kier molecular flexibility index (Phi) is 3.35. The standard InChI is InChI=1S/C12H17N5O2S/c1-8(13)9-3-2-4-15(7-9)10-11(17(18)19)16-5-6-20-12(16)14-10/h5-6,8-9H,2-4,7,13H2,1H3. The van der Waals surface area contributed by atoms with Crippen LogP contribution < -0.4 is 10.6 Å². The Morgan fingerprint density at radius 1 is 1.65 bits per heavy atom. The van der Waals surface area contributed by atoms with Gasteiger partial charge in [-0.15, -0.1) is 0 Å². The Balaban J connectivity index is 1.98. The number of hydrogen-bond donors (Lipinski definition) is 1. The van der Waals surface area contributed by atoms with Crippen LogP contribution in [0.4, 0.5) is 11.6 Å². The Labute approximate surface area is 120 Å². The van der Waals surface area contributed by atoms with E-state index in [0.29, 0.717) is 16.7 Å². The summed E-state index contributed by atoms with van der Waals surface area (Å²) in [5.41, 5.74) is 5.98. The molecule has 8 heteroatoms. The molecule has 2 unspecified atom stereocenters. The Morgan fingerprint density at radius 3 is 3.15 bits per heavy atom. The minimum Gasteiger partial charge on any atom is -0.358 e. The zero-order valence-electron chi connectivity index (χ0n) is 11.2. The zero-order chi connectivity index (χ0) is 14.3. The van der Waals surface area contributed by atoms with Crippen LogP contribution in [0.1, 0.15) is 19.8 Å². The number of nitrogens with two attached hydrogens (primary N) is 1. The molecule has 0 amide bonds. The van der Waals surface area contributed by atoms with Crippen molar-refractivity contribution in [3.63, 3.8) is 0 Å². The number of piperidine rings is 1. The molecule has 0 aliphatic carbocycles. The molecule has 0 radical (unpaired) electrons. The lowest BCUT2D eigenvalue weighted by atomic mass is 9.92. The summed E-state index contributed by atoms with van der Waals surface area (Å²) in [6.45, 7) is 3.53. The fourth-order valence-corrected chi connectivity index (χ4v) is 3.48. The average Bonchev–Trinajstić information content (AvgIpc) is 2.97. The highest BCUT2D eigenvalue weighted by Gasteiger charge is 2.31. The predicted octanol–water partition coefficient (Wildman–Crippen LogP) is 1.87. The molecular formula is C12H17N5O2S. The SMILES string of the molecule is CC(N)C1CCCN(c2nc3sccn3c2[N+](=O)[O-])C1. The number of fused-ring (bicyclic) bond motifs is 1. The number of nitro groups is 1. The van der Waals surface area contributed by atoms with Crippen molar-refractivity contribution < 1.29 is 4.92 Å². The van der Waals surface area contributed by atoms with Crippen molar-refractivity contribution in [3.8, 4) is 0 Å². The van der Waals surface area contributed by atoms with Gasteiger partial charge in [0.1, 0.15) is 6.20 Å². The molecule has 108 valence electrons. The Hall–Kier alpha value is -1.67. The third-order valence-electron chi connectivity index (χ3n) is 3.89. The van der Waals surface area contributed by atoms with Crippen LogP contribution in [0.5, 0.6) is 0 Å². The van der Waals surface area contributed by atoms with Crippen molar-refractivity contribution in [2.45, 2.75) is 25.8 Å². The first-order chi connectivity index (χ1) is 9.58. The summed E-state index contributed by atoms with van der Waals surface area (Å²) >= 11 is 1.41. The Bertz CT molecular complexity index is 635. The smallest absolute Gasteiger partial charge is 0.358 e. The van der Waals surface area contributed by atoms with Crippen molar-refractivity contribution in [1.82, 2.24) is 9.38 Å². The van der Waals surface area contributed by atoms with E-state index in [1.165, 1.54) is 11.3 Å². The van der Waals surface area contributed by atoms with Gasteiger partial charge in [0.25, 0.3) is 4.96 Å². The molecule has 20 heavy (non-hydrogen) atoms. The molecule has 3 heterocycles. The van der Waals surface area contributed by atoms with E-state index in [9.17, 15) is 10.1 Å². The summed E-state index contributed by atoms with van der Waals surface area (Å²) in [5.74, 6) is 0.905. The summed E-state index contributed by atoms with van der Waals surface area (Å²) in [5, 5.41) is 13.2. The maximum Gasteiger partial charge on any atom is 0.373 e. The molecule has 2 atom stereocenters. The van der Waals surface area contributed by atoms with E-state index >= 15 is 0 Å². The van der Waals surface area contributed by atoms with E-state index in [4.69, 9.17) is 5.73 Å². The molecule has 1 aliphatic rings. The van der Waals surface area contributed by atoms with Gasteiger partial charge in [0.15, 0.2) is 0 Å². The fourth-order valence-electron chi connectivity index (χ4n) is 2.78. The van der Waals surface area contributed by atoms with Crippen LogP contribution in [-0.2, 0) is 0 Å². The average molecular weight is 295 g/mol. The van der Waals surface area contributed by atoms with Crippen LogP contribution >= 0.6 is 11.3 Å². The zero-order valence-corrected chi connectivity index (χ0v) is 12.0. The lowest BCUT2D eigenvalue weighted by molar-refractivity contribution is -0.389. The second kappa shape index (κ2) is 5.02. The number of imidazole rings is 1. The number of thiazole rings is 1. The minimum atomic E-state index is -0.350. The molecule has 2 aromatic rings. The summed E-state index contributed by atoms with van der Waals surface area (Å²) in [6.07, 6.45) is 3.76. The van der Waals surface area contributed by atoms with Crippen molar-refractivity contribution in [2.75, 3.05) is 18.0 Å². The van der Waals surface area contributed by atoms with Gasteiger partial charge in [-0.05, 0) is 30.6 Å². The van der Waals surface area contributed by atoms with Gasteiger partial charge in [0, 0.05) is 24.5 Å². The minimum absolute atomic E-state index is 0.0616. The maximum absolute atomic E-state index is 11.4. The molecule has 2 aromatic heterocycles. The van der Waals surface area contributed by atoms with Gasteiger partial charge in [0.2, 0.25) is 5.82 Å². The molecule has 0 saturated carbocycles. The van der Waals surface area contributed by atoms with E-state index in [-0.39, 0.29) is 16.8 Å². The molecular weight excluding hydrogens is 278 g/mol. The highest BCUT2D eigenvalue weighted by Crippen LogP contribution is 2.33. The number of aromatic nitrogens is 2. The van der Waals surface area contributed by atoms with Gasteiger partial charge in [-0.25, -0.2) is 0 Å². The van der Waals surface area contributed by atoms with Crippen LogP contribution in [0.3, 0.4) is 0 Å². The lowest BCUT2D eigenvalue weighted by Crippen LogP contribution is -2.42. The summed E-state index contributed by atoms with van der Waals surface area (Å²) in [7, 11) is 0. The predicted molar refractivity (Wildman–Crippen MR) is 78.3 cm³/mol. The van der Waals surface area contributed by atoms with Crippen LogP contribution in [-0.4, -0.2) is 33.4 Å². The van der Waals surface area contributed by atoms with E-state index in [1.54, 1.807) is 16.0 Å². The van der Waals surface area contributed by atoms with E-state index in [0.717, 1.165) is 25.9 Å². The summed E-state index contributed by atoms with van der Waals surface area (Å²) in [6, 6.07) is 0.0978. The summed E-state index contributed by atoms with van der Waals surface area (Å²) in [4.78, 5) is 18.1. The second-order valence-electron chi connectivity index (χ2n) is 5.28. The third-order valence-corrected chi connectivity index (χ3v) is 4.65. The number of anilines is 1. The normalized spacial score (nSPS) is 21.3. The number of rotatable bonds is 3. The first kappa shape index (κ1) is 13.3.